The topological polar surface area (TPSA) is 0 Å². The summed E-state index contributed by atoms with van der Waals surface area (Å²) in [6.45, 7) is 4.36. The summed E-state index contributed by atoms with van der Waals surface area (Å²) < 4.78 is 0. The number of hydrogen-bond acceptors (Lipinski definition) is 0. The van der Waals surface area contributed by atoms with Crippen molar-refractivity contribution in [1.82, 2.24) is 0 Å². The van der Waals surface area contributed by atoms with E-state index in [-0.39, 0.29) is 0 Å². The molecule has 136 valence electrons. The largest absolute Gasteiger partial charge is 0.0914 e. The molecule has 0 amide bonds. The molecule has 0 bridgehead atoms. The highest BCUT2D eigenvalue weighted by atomic mass is 14.4. The zero-order chi connectivity index (χ0) is 16.8. The Kier molecular flexibility index (Phi) is 7.05. The van der Waals surface area contributed by atoms with Crippen molar-refractivity contribution in [3.8, 4) is 0 Å². The van der Waals surface area contributed by atoms with Crippen molar-refractivity contribution in [2.45, 2.75) is 90.9 Å². The van der Waals surface area contributed by atoms with Gasteiger partial charge in [-0.3, -0.25) is 0 Å². The third-order valence-corrected chi connectivity index (χ3v) is 7.71. The van der Waals surface area contributed by atoms with Gasteiger partial charge in [0.1, 0.15) is 0 Å². The lowest BCUT2D eigenvalue weighted by Crippen LogP contribution is -2.29. The van der Waals surface area contributed by atoms with Crippen LogP contribution in [0, 0.1) is 35.5 Å². The summed E-state index contributed by atoms with van der Waals surface area (Å²) in [6.07, 6.45) is 27.6. The Labute approximate surface area is 151 Å². The van der Waals surface area contributed by atoms with E-state index in [2.05, 4.69) is 38.2 Å². The molecular formula is C24H40. The Morgan fingerprint density at radius 1 is 0.417 bits per heavy atom. The second-order valence-corrected chi connectivity index (χ2v) is 9.08. The number of allylic oxidation sites excluding steroid dienone is 4. The lowest BCUT2D eigenvalue weighted by atomic mass is 9.65. The van der Waals surface area contributed by atoms with Crippen molar-refractivity contribution in [2.75, 3.05) is 0 Å². The van der Waals surface area contributed by atoms with Gasteiger partial charge in [0, 0.05) is 0 Å². The van der Waals surface area contributed by atoms with Gasteiger partial charge >= 0.3 is 0 Å². The summed E-state index contributed by atoms with van der Waals surface area (Å²) in [4.78, 5) is 0. The molecule has 0 N–H and O–H groups in total. The molecule has 3 saturated carbocycles. The summed E-state index contributed by atoms with van der Waals surface area (Å²) in [7, 11) is 0. The highest BCUT2D eigenvalue weighted by Crippen LogP contribution is 2.46. The summed E-state index contributed by atoms with van der Waals surface area (Å²) >= 11 is 0. The van der Waals surface area contributed by atoms with E-state index in [4.69, 9.17) is 0 Å². The molecule has 3 rings (SSSR count). The quantitative estimate of drug-likeness (QED) is 0.467. The van der Waals surface area contributed by atoms with Gasteiger partial charge in [-0.05, 0) is 126 Å². The highest BCUT2D eigenvalue weighted by molar-refractivity contribution is 4.93. The summed E-state index contributed by atoms with van der Waals surface area (Å²) in [6, 6.07) is 0. The Morgan fingerprint density at radius 3 is 0.917 bits per heavy atom. The van der Waals surface area contributed by atoms with Crippen molar-refractivity contribution < 1.29 is 0 Å². The molecule has 0 heterocycles. The molecular weight excluding hydrogens is 288 g/mol. The van der Waals surface area contributed by atoms with Crippen molar-refractivity contribution in [3.05, 3.63) is 24.3 Å². The van der Waals surface area contributed by atoms with Crippen molar-refractivity contribution in [3.63, 3.8) is 0 Å². The fourth-order valence-corrected chi connectivity index (χ4v) is 6.25. The van der Waals surface area contributed by atoms with Crippen LogP contribution in [-0.4, -0.2) is 0 Å². The maximum absolute atomic E-state index is 2.46. The normalized spacial score (nSPS) is 41.9. The van der Waals surface area contributed by atoms with E-state index in [0.29, 0.717) is 0 Å². The summed E-state index contributed by atoms with van der Waals surface area (Å²) in [5, 5.41) is 0. The number of rotatable bonds is 4. The van der Waals surface area contributed by atoms with Gasteiger partial charge in [0.2, 0.25) is 0 Å². The molecule has 0 aliphatic heterocycles. The van der Waals surface area contributed by atoms with Gasteiger partial charge in [-0.25, -0.2) is 0 Å². The molecule has 0 heteroatoms. The molecule has 0 unspecified atom stereocenters. The first-order valence-corrected chi connectivity index (χ1v) is 11.1. The van der Waals surface area contributed by atoms with E-state index in [9.17, 15) is 0 Å². The van der Waals surface area contributed by atoms with E-state index < -0.39 is 0 Å². The van der Waals surface area contributed by atoms with Gasteiger partial charge in [-0.1, -0.05) is 24.3 Å². The first-order valence-electron chi connectivity index (χ1n) is 11.1. The van der Waals surface area contributed by atoms with Crippen LogP contribution in [-0.2, 0) is 0 Å². The third kappa shape index (κ3) is 4.77. The van der Waals surface area contributed by atoms with Crippen LogP contribution in [0.15, 0.2) is 24.3 Å². The summed E-state index contributed by atoms with van der Waals surface area (Å²) in [5.74, 6) is 6.08. The monoisotopic (exact) mass is 328 g/mol. The predicted octanol–water partition coefficient (Wildman–Crippen LogP) is 7.56. The first-order chi connectivity index (χ1) is 11.8. The molecule has 3 aliphatic rings. The van der Waals surface area contributed by atoms with Crippen LogP contribution in [0.25, 0.3) is 0 Å². The van der Waals surface area contributed by atoms with Gasteiger partial charge in [0.25, 0.3) is 0 Å². The molecule has 0 nitrogen and oxygen atoms in total. The van der Waals surface area contributed by atoms with E-state index >= 15 is 0 Å². The van der Waals surface area contributed by atoms with Crippen LogP contribution in [0.5, 0.6) is 0 Å². The smallest absolute Gasteiger partial charge is 0.0233 e. The van der Waals surface area contributed by atoms with Crippen molar-refractivity contribution in [1.29, 1.82) is 0 Å². The van der Waals surface area contributed by atoms with Gasteiger partial charge in [-0.2, -0.15) is 0 Å². The molecule has 3 aliphatic carbocycles. The Morgan fingerprint density at radius 2 is 0.667 bits per heavy atom. The number of hydrogen-bond donors (Lipinski definition) is 0. The minimum Gasteiger partial charge on any atom is -0.0914 e. The Hall–Kier alpha value is -0.520. The van der Waals surface area contributed by atoms with Gasteiger partial charge in [0.05, 0.1) is 0 Å². The molecule has 0 atom stereocenters. The van der Waals surface area contributed by atoms with E-state index in [1.807, 2.05) is 0 Å². The second-order valence-electron chi connectivity index (χ2n) is 9.08. The average Bonchev–Trinajstić information content (AvgIpc) is 2.64. The predicted molar refractivity (Wildman–Crippen MR) is 106 cm³/mol. The molecule has 0 aromatic carbocycles. The maximum Gasteiger partial charge on any atom is -0.0233 e. The molecule has 0 spiro atoms. The van der Waals surface area contributed by atoms with Crippen molar-refractivity contribution >= 4 is 0 Å². The Bertz CT molecular complexity index is 354. The van der Waals surface area contributed by atoms with Crippen LogP contribution < -0.4 is 0 Å². The van der Waals surface area contributed by atoms with Crippen LogP contribution in [0.1, 0.15) is 90.9 Å². The van der Waals surface area contributed by atoms with Crippen LogP contribution >= 0.6 is 0 Å². The lowest BCUT2D eigenvalue weighted by molar-refractivity contribution is 0.112. The molecule has 0 saturated heterocycles. The highest BCUT2D eigenvalue weighted by Gasteiger charge is 2.34. The average molecular weight is 329 g/mol. The molecule has 3 fully saturated rings. The Balaban J connectivity index is 1.39. The minimum absolute atomic E-state index is 0.898. The third-order valence-electron chi connectivity index (χ3n) is 7.71. The second kappa shape index (κ2) is 9.25. The zero-order valence-corrected chi connectivity index (χ0v) is 16.3. The van der Waals surface area contributed by atoms with Gasteiger partial charge in [0.15, 0.2) is 0 Å². The van der Waals surface area contributed by atoms with Crippen LogP contribution in [0.3, 0.4) is 0 Å². The molecule has 0 aromatic rings. The minimum atomic E-state index is 0.898. The lowest BCUT2D eigenvalue weighted by Gasteiger charge is -2.41. The summed E-state index contributed by atoms with van der Waals surface area (Å²) in [5.41, 5.74) is 0. The molecule has 0 radical (unpaired) electrons. The van der Waals surface area contributed by atoms with Gasteiger partial charge < -0.3 is 0 Å². The first kappa shape index (κ1) is 18.3. The molecule has 24 heavy (non-hydrogen) atoms. The van der Waals surface area contributed by atoms with E-state index in [1.165, 1.54) is 51.4 Å². The fraction of sp³-hybridized carbons (Fsp3) is 0.833. The van der Waals surface area contributed by atoms with Crippen LogP contribution in [0.4, 0.5) is 0 Å². The van der Waals surface area contributed by atoms with Crippen molar-refractivity contribution in [2.24, 2.45) is 35.5 Å². The molecule has 0 aromatic heterocycles. The zero-order valence-electron chi connectivity index (χ0n) is 16.3. The maximum atomic E-state index is 2.46. The van der Waals surface area contributed by atoms with E-state index in [1.54, 1.807) is 25.7 Å². The van der Waals surface area contributed by atoms with E-state index in [0.717, 1.165) is 35.5 Å². The fourth-order valence-electron chi connectivity index (χ4n) is 6.25. The SMILES string of the molecule is C/C=C/C1CCC(C2CCC(C3CCC(/C=C/C)CC3)CC2)CC1. The standard InChI is InChI=1S/C24H40/c1-3-5-19-7-11-21(12-8-19)23-15-17-24(18-16-23)22-13-9-20(6-4-2)10-14-22/h3-6,19-24H,7-18H2,1-2H3/b5-3+,6-4+. The van der Waals surface area contributed by atoms with Gasteiger partial charge in [-0.15, -0.1) is 0 Å². The van der Waals surface area contributed by atoms with Crippen LogP contribution in [0.2, 0.25) is 0 Å².